The Bertz CT molecular complexity index is 319. The Balaban J connectivity index is 2.91. The van der Waals surface area contributed by atoms with Gasteiger partial charge in [-0.1, -0.05) is 32.8 Å². The molecule has 84 valence electrons. The fourth-order valence-electron chi connectivity index (χ4n) is 1.73. The van der Waals surface area contributed by atoms with Gasteiger partial charge in [-0.25, -0.2) is 0 Å². The number of rotatable bonds is 5. The summed E-state index contributed by atoms with van der Waals surface area (Å²) in [7, 11) is 0. The molecule has 0 saturated carbocycles. The van der Waals surface area contributed by atoms with Crippen molar-refractivity contribution in [1.29, 1.82) is 0 Å². The largest absolute Gasteiger partial charge is 0.504 e. The second kappa shape index (κ2) is 5.64. The minimum absolute atomic E-state index is 0.0204. The molecule has 0 spiro atoms. The molecule has 0 heterocycles. The Morgan fingerprint density at radius 2 is 1.73 bits per heavy atom. The highest BCUT2D eigenvalue weighted by Gasteiger charge is 2.08. The van der Waals surface area contributed by atoms with Crippen LogP contribution < -0.4 is 0 Å². The van der Waals surface area contributed by atoms with Crippen LogP contribution in [0, 0.1) is 0 Å². The summed E-state index contributed by atoms with van der Waals surface area (Å²) in [6.45, 7) is 4.22. The van der Waals surface area contributed by atoms with Gasteiger partial charge in [-0.3, -0.25) is 0 Å². The highest BCUT2D eigenvalue weighted by molar-refractivity contribution is 5.47. The van der Waals surface area contributed by atoms with Gasteiger partial charge in [0.25, 0.3) is 0 Å². The van der Waals surface area contributed by atoms with Crippen LogP contribution in [0.25, 0.3) is 0 Å². The molecular weight excluding hydrogens is 188 g/mol. The number of unbranched alkanes of at least 4 members (excludes halogenated alkanes) is 1. The number of hydrogen-bond donors (Lipinski definition) is 2. The smallest absolute Gasteiger partial charge is 0.160 e. The molecule has 1 aromatic rings. The molecule has 15 heavy (non-hydrogen) atoms. The Labute approximate surface area is 91.6 Å². The van der Waals surface area contributed by atoms with E-state index in [1.807, 2.05) is 6.07 Å². The van der Waals surface area contributed by atoms with Gasteiger partial charge in [0.15, 0.2) is 11.5 Å². The van der Waals surface area contributed by atoms with E-state index in [9.17, 15) is 10.2 Å². The summed E-state index contributed by atoms with van der Waals surface area (Å²) in [5, 5.41) is 19.2. The van der Waals surface area contributed by atoms with E-state index in [4.69, 9.17) is 0 Å². The third kappa shape index (κ3) is 3.15. The van der Waals surface area contributed by atoms with Gasteiger partial charge in [0.2, 0.25) is 0 Å². The van der Waals surface area contributed by atoms with Crippen LogP contribution >= 0.6 is 0 Å². The number of phenols is 2. The minimum atomic E-state index is 0.0204. The molecule has 0 aromatic heterocycles. The molecule has 0 atom stereocenters. The van der Waals surface area contributed by atoms with Crippen molar-refractivity contribution < 1.29 is 10.2 Å². The van der Waals surface area contributed by atoms with Gasteiger partial charge in [0.1, 0.15) is 0 Å². The second-order valence-electron chi connectivity index (χ2n) is 3.98. The Hall–Kier alpha value is -1.18. The second-order valence-corrected chi connectivity index (χ2v) is 3.98. The van der Waals surface area contributed by atoms with Crippen LogP contribution in [0.3, 0.4) is 0 Å². The number of aromatic hydroxyl groups is 2. The van der Waals surface area contributed by atoms with E-state index in [0.29, 0.717) is 0 Å². The SMILES string of the molecule is CCCCc1cc(CCC)cc(O)c1O. The van der Waals surface area contributed by atoms with Gasteiger partial charge in [-0.2, -0.15) is 0 Å². The van der Waals surface area contributed by atoms with E-state index >= 15 is 0 Å². The molecule has 0 fully saturated rings. The van der Waals surface area contributed by atoms with Gasteiger partial charge in [0.05, 0.1) is 0 Å². The lowest BCUT2D eigenvalue weighted by Crippen LogP contribution is -1.91. The first-order valence-corrected chi connectivity index (χ1v) is 5.72. The predicted octanol–water partition coefficient (Wildman–Crippen LogP) is 3.39. The quantitative estimate of drug-likeness (QED) is 0.728. The van der Waals surface area contributed by atoms with Crippen LogP contribution in [0.2, 0.25) is 0 Å². The average molecular weight is 208 g/mol. The Morgan fingerprint density at radius 1 is 1.00 bits per heavy atom. The molecule has 2 nitrogen and oxygen atoms in total. The maximum atomic E-state index is 9.67. The lowest BCUT2D eigenvalue weighted by atomic mass is 10.0. The molecule has 0 bridgehead atoms. The fourth-order valence-corrected chi connectivity index (χ4v) is 1.73. The van der Waals surface area contributed by atoms with E-state index < -0.39 is 0 Å². The topological polar surface area (TPSA) is 40.5 Å². The van der Waals surface area contributed by atoms with Crippen LogP contribution in [-0.4, -0.2) is 10.2 Å². The zero-order chi connectivity index (χ0) is 11.3. The highest BCUT2D eigenvalue weighted by Crippen LogP contribution is 2.31. The van der Waals surface area contributed by atoms with Gasteiger partial charge < -0.3 is 10.2 Å². The van der Waals surface area contributed by atoms with E-state index in [1.165, 1.54) is 0 Å². The maximum Gasteiger partial charge on any atom is 0.160 e. The van der Waals surface area contributed by atoms with Crippen LogP contribution in [0.1, 0.15) is 44.2 Å². The van der Waals surface area contributed by atoms with Crippen molar-refractivity contribution in [3.05, 3.63) is 23.3 Å². The summed E-state index contributed by atoms with van der Waals surface area (Å²) in [6, 6.07) is 3.67. The number of benzene rings is 1. The first kappa shape index (κ1) is 11.9. The molecule has 0 radical (unpaired) electrons. The summed E-state index contributed by atoms with van der Waals surface area (Å²) < 4.78 is 0. The molecule has 0 unspecified atom stereocenters. The molecule has 0 aliphatic heterocycles. The van der Waals surface area contributed by atoms with Gasteiger partial charge in [-0.15, -0.1) is 0 Å². The summed E-state index contributed by atoms with van der Waals surface area (Å²) in [4.78, 5) is 0. The van der Waals surface area contributed by atoms with Crippen molar-refractivity contribution in [1.82, 2.24) is 0 Å². The van der Waals surface area contributed by atoms with Gasteiger partial charge >= 0.3 is 0 Å². The molecular formula is C13H20O2. The summed E-state index contributed by atoms with van der Waals surface area (Å²) >= 11 is 0. The first-order chi connectivity index (χ1) is 7.19. The Kier molecular flexibility index (Phi) is 4.47. The summed E-state index contributed by atoms with van der Waals surface area (Å²) in [6.07, 6.45) is 4.98. The minimum Gasteiger partial charge on any atom is -0.504 e. The molecule has 2 N–H and O–H groups in total. The van der Waals surface area contributed by atoms with E-state index in [1.54, 1.807) is 6.07 Å². The van der Waals surface area contributed by atoms with Crippen molar-refractivity contribution in [2.75, 3.05) is 0 Å². The van der Waals surface area contributed by atoms with E-state index in [2.05, 4.69) is 13.8 Å². The van der Waals surface area contributed by atoms with E-state index in [0.717, 1.165) is 43.2 Å². The maximum absolute atomic E-state index is 9.67. The molecule has 0 saturated heterocycles. The van der Waals surface area contributed by atoms with Gasteiger partial charge in [0, 0.05) is 0 Å². The zero-order valence-corrected chi connectivity index (χ0v) is 9.58. The zero-order valence-electron chi connectivity index (χ0n) is 9.58. The molecule has 0 amide bonds. The highest BCUT2D eigenvalue weighted by atomic mass is 16.3. The summed E-state index contributed by atoms with van der Waals surface area (Å²) in [5.74, 6) is 0.0790. The normalized spacial score (nSPS) is 10.5. The molecule has 1 aromatic carbocycles. The molecule has 0 aliphatic rings. The van der Waals surface area contributed by atoms with Crippen LogP contribution in [0.5, 0.6) is 11.5 Å². The first-order valence-electron chi connectivity index (χ1n) is 5.72. The number of aryl methyl sites for hydroxylation is 2. The van der Waals surface area contributed by atoms with Gasteiger partial charge in [-0.05, 0) is 36.5 Å². The number of hydrogen-bond acceptors (Lipinski definition) is 2. The lowest BCUT2D eigenvalue weighted by molar-refractivity contribution is 0.398. The van der Waals surface area contributed by atoms with Crippen molar-refractivity contribution >= 4 is 0 Å². The predicted molar refractivity (Wildman–Crippen MR) is 62.4 cm³/mol. The van der Waals surface area contributed by atoms with Crippen molar-refractivity contribution in [2.45, 2.75) is 46.0 Å². The molecule has 0 aliphatic carbocycles. The van der Waals surface area contributed by atoms with Crippen molar-refractivity contribution in [3.8, 4) is 11.5 Å². The Morgan fingerprint density at radius 3 is 2.33 bits per heavy atom. The fraction of sp³-hybridized carbons (Fsp3) is 0.538. The molecule has 2 heteroatoms. The van der Waals surface area contributed by atoms with Crippen LogP contribution in [0.15, 0.2) is 12.1 Å². The van der Waals surface area contributed by atoms with Crippen molar-refractivity contribution in [2.24, 2.45) is 0 Å². The lowest BCUT2D eigenvalue weighted by Gasteiger charge is -2.09. The van der Waals surface area contributed by atoms with Crippen LogP contribution in [0.4, 0.5) is 0 Å². The summed E-state index contributed by atoms with van der Waals surface area (Å²) in [5.41, 5.74) is 1.99. The van der Waals surface area contributed by atoms with Crippen LogP contribution in [-0.2, 0) is 12.8 Å². The monoisotopic (exact) mass is 208 g/mol. The molecule has 1 rings (SSSR count). The van der Waals surface area contributed by atoms with Crippen molar-refractivity contribution in [3.63, 3.8) is 0 Å². The third-order valence-electron chi connectivity index (χ3n) is 2.57. The number of phenolic OH excluding ortho intramolecular Hbond substituents is 2. The third-order valence-corrected chi connectivity index (χ3v) is 2.57. The average Bonchev–Trinajstić information content (AvgIpc) is 2.21. The van der Waals surface area contributed by atoms with E-state index in [-0.39, 0.29) is 11.5 Å². The standard InChI is InChI=1S/C13H20O2/c1-3-5-7-11-8-10(6-4-2)9-12(14)13(11)15/h8-9,14-15H,3-7H2,1-2H3.